The van der Waals surface area contributed by atoms with E-state index in [0.29, 0.717) is 12.8 Å². The molecule has 4 nitrogen and oxygen atoms in total. The number of carboxylic acid groups (broad SMARTS) is 1. The van der Waals surface area contributed by atoms with Crippen LogP contribution in [-0.4, -0.2) is 15.6 Å². The van der Waals surface area contributed by atoms with E-state index in [2.05, 4.69) is 6.07 Å². The van der Waals surface area contributed by atoms with E-state index in [4.69, 9.17) is 0 Å². The van der Waals surface area contributed by atoms with Gasteiger partial charge in [-0.15, -0.1) is 0 Å². The molecule has 0 unspecified atom stereocenters. The maximum Gasteiger partial charge on any atom is 0.329 e. The van der Waals surface area contributed by atoms with Gasteiger partial charge in [-0.1, -0.05) is 55.8 Å². The molecule has 1 aromatic heterocycles. The molecule has 0 fully saturated rings. The average Bonchev–Trinajstić information content (AvgIpc) is 2.56. The summed E-state index contributed by atoms with van der Waals surface area (Å²) in [5, 5.41) is 9.58. The topological polar surface area (TPSA) is 59.3 Å². The molecule has 24 heavy (non-hydrogen) atoms. The number of aliphatic carboxylic acids is 1. The van der Waals surface area contributed by atoms with Crippen molar-refractivity contribution in [2.24, 2.45) is 0 Å². The summed E-state index contributed by atoms with van der Waals surface area (Å²) in [6, 6.07) is 11.3. The van der Waals surface area contributed by atoms with Crippen molar-refractivity contribution >= 4 is 18.1 Å². The van der Waals surface area contributed by atoms with Gasteiger partial charge in [0.15, 0.2) is 0 Å². The van der Waals surface area contributed by atoms with Crippen LogP contribution in [0.4, 0.5) is 0 Å². The Morgan fingerprint density at radius 2 is 1.75 bits per heavy atom. The van der Waals surface area contributed by atoms with E-state index in [-0.39, 0.29) is 5.56 Å². The van der Waals surface area contributed by atoms with E-state index in [1.54, 1.807) is 26.1 Å². The zero-order valence-corrected chi connectivity index (χ0v) is 14.3. The summed E-state index contributed by atoms with van der Waals surface area (Å²) in [4.78, 5) is 24.1. The van der Waals surface area contributed by atoms with Gasteiger partial charge in [0.05, 0.1) is 0 Å². The molecule has 1 heterocycles. The number of carbonyl (C=O) groups is 1. The Morgan fingerprint density at radius 3 is 2.25 bits per heavy atom. The van der Waals surface area contributed by atoms with Gasteiger partial charge in [-0.3, -0.25) is 9.36 Å². The fraction of sp³-hybridized carbons (Fsp3) is 0.300. The Kier molecular flexibility index (Phi) is 5.39. The van der Waals surface area contributed by atoms with Crippen molar-refractivity contribution in [3.8, 4) is 0 Å². The fourth-order valence-corrected chi connectivity index (χ4v) is 2.91. The minimum atomic E-state index is -1.18. The van der Waals surface area contributed by atoms with Gasteiger partial charge in [0.1, 0.15) is 5.54 Å². The van der Waals surface area contributed by atoms with Crippen LogP contribution < -0.4 is 5.56 Å². The van der Waals surface area contributed by atoms with Crippen LogP contribution in [-0.2, 0) is 10.3 Å². The molecule has 4 heteroatoms. The highest BCUT2D eigenvalue weighted by Crippen LogP contribution is 2.24. The smallest absolute Gasteiger partial charge is 0.329 e. The maximum absolute atomic E-state index is 12.4. The van der Waals surface area contributed by atoms with Crippen LogP contribution in [0.2, 0.25) is 0 Å². The van der Waals surface area contributed by atoms with Crippen LogP contribution in [0.5, 0.6) is 0 Å². The Balaban J connectivity index is 2.36. The van der Waals surface area contributed by atoms with Crippen LogP contribution in [0.3, 0.4) is 0 Å². The molecule has 0 bridgehead atoms. The molecule has 2 rings (SSSR count). The first kappa shape index (κ1) is 17.7. The Morgan fingerprint density at radius 1 is 1.12 bits per heavy atom. The van der Waals surface area contributed by atoms with Crippen LogP contribution in [0, 0.1) is 6.92 Å². The Hall–Kier alpha value is -2.62. The van der Waals surface area contributed by atoms with Gasteiger partial charge < -0.3 is 5.11 Å². The zero-order chi connectivity index (χ0) is 17.7. The number of rotatable bonds is 6. The molecular weight excluding hydrogens is 302 g/mol. The number of carboxylic acids is 1. The van der Waals surface area contributed by atoms with Crippen molar-refractivity contribution < 1.29 is 9.90 Å². The number of aromatic nitrogens is 1. The second kappa shape index (κ2) is 7.30. The first-order chi connectivity index (χ1) is 11.4. The molecule has 0 saturated carbocycles. The molecule has 2 aromatic rings. The largest absolute Gasteiger partial charge is 0.479 e. The fourth-order valence-electron chi connectivity index (χ4n) is 2.91. The molecule has 0 spiro atoms. The molecule has 1 N–H and O–H groups in total. The maximum atomic E-state index is 12.4. The zero-order valence-electron chi connectivity index (χ0n) is 14.3. The Bertz CT molecular complexity index is 814. The lowest BCUT2D eigenvalue weighted by Gasteiger charge is -2.29. The van der Waals surface area contributed by atoms with E-state index < -0.39 is 11.5 Å². The second-order valence-corrected chi connectivity index (χ2v) is 5.96. The standard InChI is InChI=1S/C20H23NO3/c1-4-20(5-2,19(23)24)21-12-11-17(14-18(21)22)10-9-16-8-6-7-15(3)13-16/h6-14H,4-5H2,1-3H3,(H,23,24)/b10-9+. The SMILES string of the molecule is CCC(CC)(C(=O)O)n1ccc(/C=C/c2cccc(C)c2)cc1=O. The molecule has 0 saturated heterocycles. The van der Waals surface area contributed by atoms with Crippen molar-refractivity contribution in [2.45, 2.75) is 39.2 Å². The number of aryl methyl sites for hydroxylation is 1. The number of benzene rings is 1. The lowest BCUT2D eigenvalue weighted by molar-refractivity contribution is -0.148. The van der Waals surface area contributed by atoms with E-state index in [1.165, 1.54) is 16.2 Å². The molecule has 0 aliphatic carbocycles. The molecule has 0 amide bonds. The molecule has 0 aliphatic heterocycles. The number of nitrogens with zero attached hydrogens (tertiary/aromatic N) is 1. The third kappa shape index (κ3) is 3.48. The molecule has 0 radical (unpaired) electrons. The summed E-state index contributed by atoms with van der Waals surface area (Å²) >= 11 is 0. The van der Waals surface area contributed by atoms with Gasteiger partial charge in [-0.25, -0.2) is 4.79 Å². The normalized spacial score (nSPS) is 11.8. The van der Waals surface area contributed by atoms with E-state index >= 15 is 0 Å². The molecule has 0 aliphatic rings. The van der Waals surface area contributed by atoms with Gasteiger partial charge in [-0.2, -0.15) is 0 Å². The van der Waals surface area contributed by atoms with Gasteiger partial charge in [-0.05, 0) is 37.0 Å². The van der Waals surface area contributed by atoms with Crippen molar-refractivity contribution in [1.82, 2.24) is 4.57 Å². The summed E-state index contributed by atoms with van der Waals surface area (Å²) in [6.07, 6.45) is 6.10. The predicted molar refractivity (Wildman–Crippen MR) is 97.0 cm³/mol. The highest BCUT2D eigenvalue weighted by atomic mass is 16.4. The molecular formula is C20H23NO3. The summed E-state index contributed by atoms with van der Waals surface area (Å²) in [6.45, 7) is 5.60. The summed E-state index contributed by atoms with van der Waals surface area (Å²) in [7, 11) is 0. The third-order valence-corrected chi connectivity index (χ3v) is 4.48. The summed E-state index contributed by atoms with van der Waals surface area (Å²) in [5.74, 6) is -0.974. The molecule has 126 valence electrons. The van der Waals surface area contributed by atoms with Crippen LogP contribution in [0.25, 0.3) is 12.2 Å². The van der Waals surface area contributed by atoms with Gasteiger partial charge in [0.25, 0.3) is 5.56 Å². The first-order valence-electron chi connectivity index (χ1n) is 8.14. The molecule has 1 aromatic carbocycles. The summed E-state index contributed by atoms with van der Waals surface area (Å²) < 4.78 is 1.33. The average molecular weight is 325 g/mol. The third-order valence-electron chi connectivity index (χ3n) is 4.48. The van der Waals surface area contributed by atoms with Crippen molar-refractivity contribution in [1.29, 1.82) is 0 Å². The van der Waals surface area contributed by atoms with Gasteiger partial charge in [0, 0.05) is 12.3 Å². The first-order valence-corrected chi connectivity index (χ1v) is 8.14. The van der Waals surface area contributed by atoms with Crippen LogP contribution in [0.15, 0.2) is 47.4 Å². The number of hydrogen-bond acceptors (Lipinski definition) is 2. The minimum Gasteiger partial charge on any atom is -0.479 e. The lowest BCUT2D eigenvalue weighted by atomic mass is 9.92. The highest BCUT2D eigenvalue weighted by molar-refractivity contribution is 5.76. The molecule has 0 atom stereocenters. The Labute approximate surface area is 142 Å². The quantitative estimate of drug-likeness (QED) is 0.875. The predicted octanol–water partition coefficient (Wildman–Crippen LogP) is 3.93. The lowest BCUT2D eigenvalue weighted by Crippen LogP contribution is -2.46. The van der Waals surface area contributed by atoms with Crippen molar-refractivity contribution in [2.75, 3.05) is 0 Å². The number of hydrogen-bond donors (Lipinski definition) is 1. The van der Waals surface area contributed by atoms with Crippen LogP contribution in [0.1, 0.15) is 43.4 Å². The minimum absolute atomic E-state index is 0.299. The second-order valence-electron chi connectivity index (χ2n) is 5.96. The number of pyridine rings is 1. The van der Waals surface area contributed by atoms with Gasteiger partial charge in [0.2, 0.25) is 0 Å². The highest BCUT2D eigenvalue weighted by Gasteiger charge is 2.37. The van der Waals surface area contributed by atoms with E-state index in [9.17, 15) is 14.7 Å². The van der Waals surface area contributed by atoms with Crippen molar-refractivity contribution in [3.63, 3.8) is 0 Å². The summed E-state index contributed by atoms with van der Waals surface area (Å²) in [5.41, 5.74) is 1.50. The van der Waals surface area contributed by atoms with E-state index in [0.717, 1.165) is 11.1 Å². The van der Waals surface area contributed by atoms with Crippen molar-refractivity contribution in [3.05, 3.63) is 69.6 Å². The van der Waals surface area contributed by atoms with Crippen LogP contribution >= 0.6 is 0 Å². The monoisotopic (exact) mass is 325 g/mol. The van der Waals surface area contributed by atoms with E-state index in [1.807, 2.05) is 37.3 Å². The van der Waals surface area contributed by atoms with Gasteiger partial charge >= 0.3 is 5.97 Å².